The molecule has 0 radical (unpaired) electrons. The Morgan fingerprint density at radius 3 is 2.40 bits per heavy atom. The van der Waals surface area contributed by atoms with Crippen LogP contribution in [-0.2, 0) is 0 Å². The number of hydrogen-bond acceptors (Lipinski definition) is 2. The van der Waals surface area contributed by atoms with E-state index in [0.29, 0.717) is 6.04 Å². The summed E-state index contributed by atoms with van der Waals surface area (Å²) in [6.07, 6.45) is 12.5. The first-order valence-electron chi connectivity index (χ1n) is 9.10. The lowest BCUT2D eigenvalue weighted by molar-refractivity contribution is 0.163. The van der Waals surface area contributed by atoms with Gasteiger partial charge in [-0.05, 0) is 52.0 Å². The smallest absolute Gasteiger partial charge is 0.0107 e. The van der Waals surface area contributed by atoms with E-state index in [9.17, 15) is 0 Å². The van der Waals surface area contributed by atoms with Gasteiger partial charge in [-0.2, -0.15) is 0 Å². The van der Waals surface area contributed by atoms with Crippen LogP contribution < -0.4 is 5.32 Å². The fraction of sp³-hybridized carbons (Fsp3) is 1.00. The Kier molecular flexibility index (Phi) is 9.54. The van der Waals surface area contributed by atoms with Gasteiger partial charge in [-0.15, -0.1) is 0 Å². The van der Waals surface area contributed by atoms with Crippen molar-refractivity contribution in [2.24, 2.45) is 5.92 Å². The summed E-state index contributed by atoms with van der Waals surface area (Å²) in [6, 6.07) is 1.53. The van der Waals surface area contributed by atoms with Crippen molar-refractivity contribution in [1.82, 2.24) is 10.2 Å². The van der Waals surface area contributed by atoms with Crippen LogP contribution in [0.1, 0.15) is 78.6 Å². The van der Waals surface area contributed by atoms with Gasteiger partial charge in [0.15, 0.2) is 0 Å². The Hall–Kier alpha value is -0.0800. The third-order valence-electron chi connectivity index (χ3n) is 5.21. The van der Waals surface area contributed by atoms with Gasteiger partial charge in [0, 0.05) is 25.2 Å². The number of rotatable bonds is 10. The fourth-order valence-corrected chi connectivity index (χ4v) is 3.47. The highest BCUT2D eigenvalue weighted by atomic mass is 15.1. The summed E-state index contributed by atoms with van der Waals surface area (Å²) >= 11 is 0. The maximum Gasteiger partial charge on any atom is 0.0107 e. The highest BCUT2D eigenvalue weighted by Gasteiger charge is 2.22. The molecule has 0 aromatic carbocycles. The number of likely N-dealkylation sites (N-methyl/N-ethyl adjacent to an activating group) is 1. The minimum absolute atomic E-state index is 0.686. The topological polar surface area (TPSA) is 15.3 Å². The van der Waals surface area contributed by atoms with E-state index in [1.807, 2.05) is 0 Å². The van der Waals surface area contributed by atoms with Gasteiger partial charge in [-0.25, -0.2) is 0 Å². The Morgan fingerprint density at radius 1 is 1.10 bits per heavy atom. The highest BCUT2D eigenvalue weighted by Crippen LogP contribution is 2.28. The van der Waals surface area contributed by atoms with E-state index in [1.54, 1.807) is 0 Å². The molecule has 1 aliphatic carbocycles. The lowest BCUT2D eigenvalue weighted by Crippen LogP contribution is -2.40. The van der Waals surface area contributed by atoms with Crippen LogP contribution in [0.15, 0.2) is 0 Å². The average Bonchev–Trinajstić information content (AvgIpc) is 2.47. The van der Waals surface area contributed by atoms with Gasteiger partial charge < -0.3 is 10.2 Å². The van der Waals surface area contributed by atoms with Gasteiger partial charge in [-0.1, -0.05) is 39.5 Å². The number of unbranched alkanes of at least 4 members (excludes halogenated alkanes) is 2. The molecule has 1 rings (SSSR count). The van der Waals surface area contributed by atoms with Crippen molar-refractivity contribution in [3.8, 4) is 0 Å². The molecule has 1 unspecified atom stereocenters. The SMILES string of the molecule is CCCCCC(C)NCCN(C)C1CCC(CC)CC1. The van der Waals surface area contributed by atoms with E-state index >= 15 is 0 Å². The predicted octanol–water partition coefficient (Wildman–Crippen LogP) is 4.45. The Morgan fingerprint density at radius 2 is 1.80 bits per heavy atom. The quantitative estimate of drug-likeness (QED) is 0.596. The third-order valence-corrected chi connectivity index (χ3v) is 5.21. The van der Waals surface area contributed by atoms with E-state index in [0.717, 1.165) is 18.5 Å². The second kappa shape index (κ2) is 10.6. The van der Waals surface area contributed by atoms with Crippen LogP contribution in [0.4, 0.5) is 0 Å². The molecule has 0 bridgehead atoms. The molecule has 0 aromatic heterocycles. The first-order chi connectivity index (χ1) is 9.67. The van der Waals surface area contributed by atoms with Crippen molar-refractivity contribution in [3.05, 3.63) is 0 Å². The van der Waals surface area contributed by atoms with Crippen LogP contribution in [-0.4, -0.2) is 37.1 Å². The zero-order chi connectivity index (χ0) is 14.8. The van der Waals surface area contributed by atoms with Crippen LogP contribution in [0.5, 0.6) is 0 Å². The summed E-state index contributed by atoms with van der Waals surface area (Å²) in [4.78, 5) is 2.59. The van der Waals surface area contributed by atoms with E-state index in [2.05, 4.69) is 38.0 Å². The molecule has 0 aromatic rings. The standard InChI is InChI=1S/C18H38N2/c1-5-7-8-9-16(3)19-14-15-20(4)18-12-10-17(6-2)11-13-18/h16-19H,5-15H2,1-4H3. The second-order valence-electron chi connectivity index (χ2n) is 6.91. The van der Waals surface area contributed by atoms with Crippen LogP contribution in [0, 0.1) is 5.92 Å². The molecule has 1 aliphatic rings. The maximum atomic E-state index is 3.69. The van der Waals surface area contributed by atoms with Crippen molar-refractivity contribution in [2.45, 2.75) is 90.6 Å². The second-order valence-corrected chi connectivity index (χ2v) is 6.91. The van der Waals surface area contributed by atoms with E-state index in [-0.39, 0.29) is 0 Å². The van der Waals surface area contributed by atoms with Gasteiger partial charge in [-0.3, -0.25) is 0 Å². The molecule has 0 heterocycles. The summed E-state index contributed by atoms with van der Waals surface area (Å²) in [7, 11) is 2.32. The highest BCUT2D eigenvalue weighted by molar-refractivity contribution is 4.78. The molecular weight excluding hydrogens is 244 g/mol. The van der Waals surface area contributed by atoms with Crippen molar-refractivity contribution < 1.29 is 0 Å². The van der Waals surface area contributed by atoms with Crippen molar-refractivity contribution in [2.75, 3.05) is 20.1 Å². The molecule has 0 aliphatic heterocycles. The molecule has 0 saturated heterocycles. The summed E-state index contributed by atoms with van der Waals surface area (Å²) < 4.78 is 0. The fourth-order valence-electron chi connectivity index (χ4n) is 3.47. The van der Waals surface area contributed by atoms with Crippen LogP contribution >= 0.6 is 0 Å². The Balaban J connectivity index is 2.06. The summed E-state index contributed by atoms with van der Waals surface area (Å²) in [5.41, 5.74) is 0. The van der Waals surface area contributed by atoms with Gasteiger partial charge >= 0.3 is 0 Å². The molecule has 0 amide bonds. The molecule has 2 heteroatoms. The van der Waals surface area contributed by atoms with Crippen molar-refractivity contribution in [1.29, 1.82) is 0 Å². The summed E-state index contributed by atoms with van der Waals surface area (Å²) in [6.45, 7) is 9.32. The van der Waals surface area contributed by atoms with Gasteiger partial charge in [0.25, 0.3) is 0 Å². The molecule has 1 atom stereocenters. The number of hydrogen-bond donors (Lipinski definition) is 1. The molecule has 1 N–H and O–H groups in total. The lowest BCUT2D eigenvalue weighted by atomic mass is 9.84. The van der Waals surface area contributed by atoms with E-state index in [4.69, 9.17) is 0 Å². The minimum atomic E-state index is 0.686. The number of nitrogens with one attached hydrogen (secondary N) is 1. The minimum Gasteiger partial charge on any atom is -0.313 e. The van der Waals surface area contributed by atoms with Crippen LogP contribution in [0.2, 0.25) is 0 Å². The normalized spacial score (nSPS) is 25.1. The van der Waals surface area contributed by atoms with Crippen molar-refractivity contribution >= 4 is 0 Å². The molecule has 20 heavy (non-hydrogen) atoms. The zero-order valence-electron chi connectivity index (χ0n) is 14.5. The molecular formula is C18H38N2. The van der Waals surface area contributed by atoms with Crippen LogP contribution in [0.25, 0.3) is 0 Å². The summed E-state index contributed by atoms with van der Waals surface area (Å²) in [5, 5.41) is 3.69. The first-order valence-corrected chi connectivity index (χ1v) is 9.10. The van der Waals surface area contributed by atoms with E-state index in [1.165, 1.54) is 64.3 Å². The van der Waals surface area contributed by atoms with Gasteiger partial charge in [0.2, 0.25) is 0 Å². The Labute approximate surface area is 127 Å². The lowest BCUT2D eigenvalue weighted by Gasteiger charge is -2.34. The molecule has 2 nitrogen and oxygen atoms in total. The van der Waals surface area contributed by atoms with E-state index < -0.39 is 0 Å². The largest absolute Gasteiger partial charge is 0.313 e. The molecule has 1 saturated carbocycles. The van der Waals surface area contributed by atoms with Gasteiger partial charge in [0.1, 0.15) is 0 Å². The Bertz CT molecular complexity index is 221. The third kappa shape index (κ3) is 7.08. The summed E-state index contributed by atoms with van der Waals surface area (Å²) in [5.74, 6) is 1.01. The van der Waals surface area contributed by atoms with Crippen molar-refractivity contribution in [3.63, 3.8) is 0 Å². The molecule has 120 valence electrons. The van der Waals surface area contributed by atoms with Crippen LogP contribution in [0.3, 0.4) is 0 Å². The van der Waals surface area contributed by atoms with Gasteiger partial charge in [0.05, 0.1) is 0 Å². The number of nitrogens with zero attached hydrogens (tertiary/aromatic N) is 1. The molecule has 0 spiro atoms. The zero-order valence-corrected chi connectivity index (χ0v) is 14.5. The maximum absolute atomic E-state index is 3.69. The first kappa shape index (κ1) is 18.0. The average molecular weight is 283 g/mol. The monoisotopic (exact) mass is 282 g/mol. The predicted molar refractivity (Wildman–Crippen MR) is 90.3 cm³/mol. The molecule has 1 fully saturated rings.